The van der Waals surface area contributed by atoms with Gasteiger partial charge in [0, 0.05) is 29.0 Å². The predicted octanol–water partition coefficient (Wildman–Crippen LogP) is 4.63. The van der Waals surface area contributed by atoms with E-state index in [0.29, 0.717) is 28.9 Å². The Labute approximate surface area is 186 Å². The normalized spacial score (nSPS) is 12.6. The molecule has 0 aromatic heterocycles. The average Bonchev–Trinajstić information content (AvgIpc) is 2.83. The molecular formula is C26H24N2O4. The molecule has 4 rings (SSSR count). The van der Waals surface area contributed by atoms with E-state index < -0.39 is 5.97 Å². The van der Waals surface area contributed by atoms with Gasteiger partial charge in [-0.2, -0.15) is 0 Å². The second-order valence-electron chi connectivity index (χ2n) is 7.79. The van der Waals surface area contributed by atoms with Crippen molar-refractivity contribution in [1.29, 1.82) is 0 Å². The number of nitrogens with zero attached hydrogens (tertiary/aromatic N) is 1. The van der Waals surface area contributed by atoms with Gasteiger partial charge in [-0.05, 0) is 79.9 Å². The maximum Gasteiger partial charge on any atom is 0.337 e. The van der Waals surface area contributed by atoms with E-state index >= 15 is 0 Å². The molecule has 1 aliphatic rings. The molecule has 0 unspecified atom stereocenters. The fourth-order valence-electron chi connectivity index (χ4n) is 3.81. The standard InChI is InChI=1S/C26H24N2O4/c1-17-5-7-18(8-6-17)25(30)28-15-3-4-20-16-21(11-14-23(20)28)24(29)27-22-12-9-19(10-13-22)26(31)32-2/h5-14,16H,3-4,15H2,1-2H3,(H,27,29). The molecule has 0 fully saturated rings. The Morgan fingerprint density at radius 1 is 0.875 bits per heavy atom. The largest absolute Gasteiger partial charge is 0.465 e. The Balaban J connectivity index is 1.51. The molecular weight excluding hydrogens is 404 g/mol. The van der Waals surface area contributed by atoms with Crippen molar-refractivity contribution in [1.82, 2.24) is 0 Å². The van der Waals surface area contributed by atoms with E-state index in [4.69, 9.17) is 0 Å². The Kier molecular flexibility index (Phi) is 6.03. The third-order valence-corrected chi connectivity index (χ3v) is 5.57. The summed E-state index contributed by atoms with van der Waals surface area (Å²) in [5.41, 5.74) is 5.10. The number of fused-ring (bicyclic) bond motifs is 1. The Bertz CT molecular complexity index is 1170. The maximum atomic E-state index is 13.0. The van der Waals surface area contributed by atoms with Crippen molar-refractivity contribution in [2.45, 2.75) is 19.8 Å². The van der Waals surface area contributed by atoms with Crippen LogP contribution in [0.15, 0.2) is 66.7 Å². The van der Waals surface area contributed by atoms with Gasteiger partial charge in [0.25, 0.3) is 11.8 Å². The molecule has 0 saturated carbocycles. The molecule has 0 radical (unpaired) electrons. The average molecular weight is 428 g/mol. The number of anilines is 2. The number of amides is 2. The molecule has 0 saturated heterocycles. The molecule has 1 aliphatic heterocycles. The van der Waals surface area contributed by atoms with Crippen LogP contribution in [0.3, 0.4) is 0 Å². The fraction of sp³-hybridized carbons (Fsp3) is 0.192. The SMILES string of the molecule is COC(=O)c1ccc(NC(=O)c2ccc3c(c2)CCCN3C(=O)c2ccc(C)cc2)cc1. The van der Waals surface area contributed by atoms with Crippen LogP contribution in [0.2, 0.25) is 0 Å². The first-order valence-corrected chi connectivity index (χ1v) is 10.5. The number of benzene rings is 3. The zero-order chi connectivity index (χ0) is 22.7. The minimum atomic E-state index is -0.428. The summed E-state index contributed by atoms with van der Waals surface area (Å²) in [5.74, 6) is -0.711. The number of carbonyl (C=O) groups is 3. The van der Waals surface area contributed by atoms with Gasteiger partial charge in [-0.15, -0.1) is 0 Å². The molecule has 1 heterocycles. The Morgan fingerprint density at radius 3 is 2.22 bits per heavy atom. The van der Waals surface area contributed by atoms with Gasteiger partial charge in [0.2, 0.25) is 0 Å². The van der Waals surface area contributed by atoms with Gasteiger partial charge < -0.3 is 15.0 Å². The van der Waals surface area contributed by atoms with Crippen molar-refractivity contribution < 1.29 is 19.1 Å². The highest BCUT2D eigenvalue weighted by Crippen LogP contribution is 2.30. The zero-order valence-electron chi connectivity index (χ0n) is 18.1. The van der Waals surface area contributed by atoms with Gasteiger partial charge in [0.15, 0.2) is 0 Å². The van der Waals surface area contributed by atoms with Crippen LogP contribution in [0.1, 0.15) is 48.6 Å². The zero-order valence-corrected chi connectivity index (χ0v) is 18.1. The number of rotatable bonds is 4. The van der Waals surface area contributed by atoms with E-state index in [9.17, 15) is 14.4 Å². The molecule has 6 nitrogen and oxygen atoms in total. The summed E-state index contributed by atoms with van der Waals surface area (Å²) in [6.07, 6.45) is 1.65. The molecule has 3 aromatic rings. The molecule has 0 bridgehead atoms. The van der Waals surface area contributed by atoms with Crippen LogP contribution in [0.25, 0.3) is 0 Å². The second-order valence-corrected chi connectivity index (χ2v) is 7.79. The van der Waals surface area contributed by atoms with E-state index in [0.717, 1.165) is 29.7 Å². The lowest BCUT2D eigenvalue weighted by atomic mass is 9.98. The van der Waals surface area contributed by atoms with Gasteiger partial charge in [0.1, 0.15) is 0 Å². The third-order valence-electron chi connectivity index (χ3n) is 5.57. The first-order chi connectivity index (χ1) is 15.5. The number of hydrogen-bond donors (Lipinski definition) is 1. The van der Waals surface area contributed by atoms with E-state index in [2.05, 4.69) is 10.1 Å². The highest BCUT2D eigenvalue weighted by Gasteiger charge is 2.24. The fourth-order valence-corrected chi connectivity index (χ4v) is 3.81. The Hall–Kier alpha value is -3.93. The topological polar surface area (TPSA) is 75.7 Å². The van der Waals surface area contributed by atoms with Gasteiger partial charge >= 0.3 is 5.97 Å². The Morgan fingerprint density at radius 2 is 1.53 bits per heavy atom. The van der Waals surface area contributed by atoms with Crippen LogP contribution in [-0.4, -0.2) is 31.4 Å². The van der Waals surface area contributed by atoms with Gasteiger partial charge in [-0.3, -0.25) is 9.59 Å². The van der Waals surface area contributed by atoms with Crippen molar-refractivity contribution in [2.24, 2.45) is 0 Å². The van der Waals surface area contributed by atoms with Crippen molar-refractivity contribution in [3.8, 4) is 0 Å². The molecule has 0 atom stereocenters. The second kappa shape index (κ2) is 9.06. The predicted molar refractivity (Wildman–Crippen MR) is 123 cm³/mol. The number of hydrogen-bond acceptors (Lipinski definition) is 4. The van der Waals surface area contributed by atoms with E-state index in [1.165, 1.54) is 7.11 Å². The number of carbonyl (C=O) groups excluding carboxylic acids is 3. The van der Waals surface area contributed by atoms with Crippen LogP contribution in [-0.2, 0) is 11.2 Å². The molecule has 0 aliphatic carbocycles. The lowest BCUT2D eigenvalue weighted by molar-refractivity contribution is 0.0600. The van der Waals surface area contributed by atoms with Crippen molar-refractivity contribution >= 4 is 29.2 Å². The first-order valence-electron chi connectivity index (χ1n) is 10.5. The molecule has 3 aromatic carbocycles. The molecule has 2 amide bonds. The number of esters is 1. The summed E-state index contributed by atoms with van der Waals surface area (Å²) in [4.78, 5) is 39.1. The number of methoxy groups -OCH3 is 1. The summed E-state index contributed by atoms with van der Waals surface area (Å²) >= 11 is 0. The van der Waals surface area contributed by atoms with E-state index in [-0.39, 0.29) is 11.8 Å². The van der Waals surface area contributed by atoms with Crippen LogP contribution < -0.4 is 10.2 Å². The quantitative estimate of drug-likeness (QED) is 0.615. The molecule has 0 spiro atoms. The van der Waals surface area contributed by atoms with Crippen molar-refractivity contribution in [3.63, 3.8) is 0 Å². The van der Waals surface area contributed by atoms with Crippen molar-refractivity contribution in [2.75, 3.05) is 23.9 Å². The highest BCUT2D eigenvalue weighted by atomic mass is 16.5. The first kappa shape index (κ1) is 21.3. The summed E-state index contributed by atoms with van der Waals surface area (Å²) in [7, 11) is 1.32. The number of ether oxygens (including phenoxy) is 1. The minimum Gasteiger partial charge on any atom is -0.465 e. The lowest BCUT2D eigenvalue weighted by Crippen LogP contribution is -2.35. The van der Waals surface area contributed by atoms with Crippen LogP contribution >= 0.6 is 0 Å². The monoisotopic (exact) mass is 428 g/mol. The molecule has 162 valence electrons. The molecule has 32 heavy (non-hydrogen) atoms. The van der Waals surface area contributed by atoms with E-state index in [1.54, 1.807) is 35.2 Å². The summed E-state index contributed by atoms with van der Waals surface area (Å²) in [6, 6.07) is 19.5. The van der Waals surface area contributed by atoms with E-state index in [1.807, 2.05) is 43.3 Å². The number of nitrogens with one attached hydrogen (secondary N) is 1. The minimum absolute atomic E-state index is 0.0335. The highest BCUT2D eigenvalue weighted by molar-refractivity contribution is 6.08. The summed E-state index contributed by atoms with van der Waals surface area (Å²) < 4.78 is 4.68. The lowest BCUT2D eigenvalue weighted by Gasteiger charge is -2.30. The van der Waals surface area contributed by atoms with Crippen LogP contribution in [0.5, 0.6) is 0 Å². The van der Waals surface area contributed by atoms with Gasteiger partial charge in [0.05, 0.1) is 12.7 Å². The third kappa shape index (κ3) is 4.39. The smallest absolute Gasteiger partial charge is 0.337 e. The molecule has 6 heteroatoms. The summed E-state index contributed by atoms with van der Waals surface area (Å²) in [5, 5.41) is 2.84. The van der Waals surface area contributed by atoms with Crippen LogP contribution in [0, 0.1) is 6.92 Å². The molecule has 1 N–H and O–H groups in total. The number of aryl methyl sites for hydroxylation is 2. The maximum absolute atomic E-state index is 13.0. The van der Waals surface area contributed by atoms with Crippen molar-refractivity contribution in [3.05, 3.63) is 94.5 Å². The van der Waals surface area contributed by atoms with Gasteiger partial charge in [-0.1, -0.05) is 17.7 Å². The van der Waals surface area contributed by atoms with Gasteiger partial charge in [-0.25, -0.2) is 4.79 Å². The van der Waals surface area contributed by atoms with Crippen LogP contribution in [0.4, 0.5) is 11.4 Å². The summed E-state index contributed by atoms with van der Waals surface area (Å²) in [6.45, 7) is 2.64.